The van der Waals surface area contributed by atoms with Gasteiger partial charge in [-0.15, -0.1) is 5.10 Å². The molecule has 6 nitrogen and oxygen atoms in total. The van der Waals surface area contributed by atoms with E-state index < -0.39 is 5.97 Å². The SMILES string of the molecule is CCc1c(C(=O)O)nnn1CC(C)CCO. The number of aromatic carboxylic acids is 1. The predicted molar refractivity (Wildman–Crippen MR) is 57.2 cm³/mol. The summed E-state index contributed by atoms with van der Waals surface area (Å²) in [6, 6.07) is 0. The summed E-state index contributed by atoms with van der Waals surface area (Å²) in [7, 11) is 0. The smallest absolute Gasteiger partial charge is 0.358 e. The highest BCUT2D eigenvalue weighted by Gasteiger charge is 2.18. The largest absolute Gasteiger partial charge is 0.476 e. The molecular formula is C10H17N3O3. The lowest BCUT2D eigenvalue weighted by molar-refractivity contribution is 0.0689. The maximum atomic E-state index is 10.8. The Kier molecular flexibility index (Phi) is 4.42. The molecule has 0 saturated carbocycles. The minimum Gasteiger partial charge on any atom is -0.476 e. The van der Waals surface area contributed by atoms with Crippen molar-refractivity contribution >= 4 is 5.97 Å². The standard InChI is InChI=1S/C10H17N3O3/c1-3-8-9(10(15)16)11-12-13(8)6-7(2)4-5-14/h7,14H,3-6H2,1-2H3,(H,15,16). The lowest BCUT2D eigenvalue weighted by Gasteiger charge is -2.11. The number of hydrogen-bond donors (Lipinski definition) is 2. The van der Waals surface area contributed by atoms with Crippen molar-refractivity contribution in [2.24, 2.45) is 5.92 Å². The van der Waals surface area contributed by atoms with E-state index in [1.54, 1.807) is 4.68 Å². The Morgan fingerprint density at radius 1 is 1.56 bits per heavy atom. The third-order valence-electron chi connectivity index (χ3n) is 2.48. The van der Waals surface area contributed by atoms with E-state index in [0.717, 1.165) is 0 Å². The van der Waals surface area contributed by atoms with Crippen molar-refractivity contribution in [2.45, 2.75) is 33.2 Å². The molecule has 1 aromatic rings. The highest BCUT2D eigenvalue weighted by atomic mass is 16.4. The lowest BCUT2D eigenvalue weighted by Crippen LogP contribution is -2.14. The first-order chi connectivity index (χ1) is 7.60. The molecule has 1 unspecified atom stereocenters. The van der Waals surface area contributed by atoms with Crippen molar-refractivity contribution in [3.63, 3.8) is 0 Å². The van der Waals surface area contributed by atoms with Crippen molar-refractivity contribution < 1.29 is 15.0 Å². The number of hydrogen-bond acceptors (Lipinski definition) is 4. The number of aromatic nitrogens is 3. The van der Waals surface area contributed by atoms with Crippen molar-refractivity contribution in [2.75, 3.05) is 6.61 Å². The molecule has 90 valence electrons. The first-order valence-electron chi connectivity index (χ1n) is 5.36. The zero-order valence-corrected chi connectivity index (χ0v) is 9.55. The van der Waals surface area contributed by atoms with Crippen LogP contribution < -0.4 is 0 Å². The number of aliphatic hydroxyl groups is 1. The van der Waals surface area contributed by atoms with Gasteiger partial charge in [-0.3, -0.25) is 0 Å². The van der Waals surface area contributed by atoms with Gasteiger partial charge in [0.1, 0.15) is 0 Å². The molecule has 1 heterocycles. The van der Waals surface area contributed by atoms with Crippen LogP contribution in [0.5, 0.6) is 0 Å². The number of carboxylic acids is 1. The summed E-state index contributed by atoms with van der Waals surface area (Å²) in [6.07, 6.45) is 1.26. The molecule has 0 amide bonds. The average molecular weight is 227 g/mol. The Labute approximate surface area is 93.9 Å². The Bertz CT molecular complexity index is 362. The Hall–Kier alpha value is -1.43. The van der Waals surface area contributed by atoms with Gasteiger partial charge in [0.15, 0.2) is 5.69 Å². The fourth-order valence-corrected chi connectivity index (χ4v) is 1.60. The van der Waals surface area contributed by atoms with Crippen LogP contribution in [0.2, 0.25) is 0 Å². The van der Waals surface area contributed by atoms with Crippen LogP contribution in [0.15, 0.2) is 0 Å². The summed E-state index contributed by atoms with van der Waals surface area (Å²) in [5.41, 5.74) is 0.663. The molecular weight excluding hydrogens is 210 g/mol. The van der Waals surface area contributed by atoms with Crippen molar-refractivity contribution in [3.8, 4) is 0 Å². The molecule has 0 aliphatic rings. The molecule has 0 saturated heterocycles. The third kappa shape index (κ3) is 2.79. The van der Waals surface area contributed by atoms with E-state index >= 15 is 0 Å². The number of nitrogens with zero attached hydrogens (tertiary/aromatic N) is 3. The maximum Gasteiger partial charge on any atom is 0.358 e. The Morgan fingerprint density at radius 3 is 2.75 bits per heavy atom. The van der Waals surface area contributed by atoms with Crippen LogP contribution in [0.1, 0.15) is 36.5 Å². The second kappa shape index (κ2) is 5.60. The molecule has 0 bridgehead atoms. The van der Waals surface area contributed by atoms with Gasteiger partial charge in [-0.25, -0.2) is 9.48 Å². The van der Waals surface area contributed by atoms with Gasteiger partial charge in [0.2, 0.25) is 0 Å². The number of rotatable bonds is 6. The second-order valence-corrected chi connectivity index (χ2v) is 3.84. The first-order valence-corrected chi connectivity index (χ1v) is 5.36. The summed E-state index contributed by atoms with van der Waals surface area (Å²) in [6.45, 7) is 4.57. The Balaban J connectivity index is 2.84. The normalized spacial score (nSPS) is 12.7. The van der Waals surface area contributed by atoms with Gasteiger partial charge in [0.05, 0.1) is 5.69 Å². The molecule has 0 aliphatic heterocycles. The highest BCUT2D eigenvalue weighted by Crippen LogP contribution is 2.11. The van der Waals surface area contributed by atoms with Gasteiger partial charge in [-0.05, 0) is 18.8 Å². The van der Waals surface area contributed by atoms with Gasteiger partial charge in [-0.2, -0.15) is 0 Å². The van der Waals surface area contributed by atoms with E-state index in [1.807, 2.05) is 13.8 Å². The second-order valence-electron chi connectivity index (χ2n) is 3.84. The highest BCUT2D eigenvalue weighted by molar-refractivity contribution is 5.86. The average Bonchev–Trinajstić information content (AvgIpc) is 2.61. The van der Waals surface area contributed by atoms with Crippen LogP contribution in [0.25, 0.3) is 0 Å². The number of carbonyl (C=O) groups is 1. The van der Waals surface area contributed by atoms with E-state index in [-0.39, 0.29) is 18.2 Å². The minimum atomic E-state index is -1.04. The quantitative estimate of drug-likeness (QED) is 0.741. The maximum absolute atomic E-state index is 10.8. The van der Waals surface area contributed by atoms with Gasteiger partial charge >= 0.3 is 5.97 Å². The van der Waals surface area contributed by atoms with Crippen LogP contribution in [0.3, 0.4) is 0 Å². The number of carboxylic acid groups (broad SMARTS) is 1. The van der Waals surface area contributed by atoms with E-state index in [4.69, 9.17) is 10.2 Å². The van der Waals surface area contributed by atoms with E-state index in [0.29, 0.717) is 25.1 Å². The molecule has 0 radical (unpaired) electrons. The molecule has 1 aromatic heterocycles. The topological polar surface area (TPSA) is 88.2 Å². The van der Waals surface area contributed by atoms with Gasteiger partial charge in [-0.1, -0.05) is 19.1 Å². The van der Waals surface area contributed by atoms with Gasteiger partial charge < -0.3 is 10.2 Å². The van der Waals surface area contributed by atoms with E-state index in [9.17, 15) is 4.79 Å². The van der Waals surface area contributed by atoms with E-state index in [1.165, 1.54) is 0 Å². The predicted octanol–water partition coefficient (Wildman–Crippen LogP) is 0.557. The Morgan fingerprint density at radius 2 is 2.25 bits per heavy atom. The first kappa shape index (κ1) is 12.6. The zero-order valence-electron chi connectivity index (χ0n) is 9.55. The monoisotopic (exact) mass is 227 g/mol. The van der Waals surface area contributed by atoms with Crippen LogP contribution >= 0.6 is 0 Å². The summed E-state index contributed by atoms with van der Waals surface area (Å²) >= 11 is 0. The third-order valence-corrected chi connectivity index (χ3v) is 2.48. The summed E-state index contributed by atoms with van der Waals surface area (Å²) in [5, 5.41) is 25.2. The van der Waals surface area contributed by atoms with Crippen molar-refractivity contribution in [1.29, 1.82) is 0 Å². The molecule has 0 aliphatic carbocycles. The summed E-state index contributed by atoms with van der Waals surface area (Å²) < 4.78 is 1.61. The molecule has 16 heavy (non-hydrogen) atoms. The summed E-state index contributed by atoms with van der Waals surface area (Å²) in [4.78, 5) is 10.8. The van der Waals surface area contributed by atoms with Gasteiger partial charge in [0.25, 0.3) is 0 Å². The summed E-state index contributed by atoms with van der Waals surface area (Å²) in [5.74, 6) is -0.795. The molecule has 0 aromatic carbocycles. The molecule has 1 atom stereocenters. The van der Waals surface area contributed by atoms with Crippen LogP contribution in [0, 0.1) is 5.92 Å². The molecule has 0 fully saturated rings. The molecule has 6 heteroatoms. The van der Waals surface area contributed by atoms with Crippen LogP contribution in [0.4, 0.5) is 0 Å². The van der Waals surface area contributed by atoms with Crippen molar-refractivity contribution in [1.82, 2.24) is 15.0 Å². The molecule has 0 spiro atoms. The zero-order chi connectivity index (χ0) is 12.1. The fraction of sp³-hybridized carbons (Fsp3) is 0.700. The van der Waals surface area contributed by atoms with Crippen molar-refractivity contribution in [3.05, 3.63) is 11.4 Å². The molecule has 2 N–H and O–H groups in total. The fourth-order valence-electron chi connectivity index (χ4n) is 1.60. The lowest BCUT2D eigenvalue weighted by atomic mass is 10.1. The van der Waals surface area contributed by atoms with Gasteiger partial charge in [0, 0.05) is 13.2 Å². The van der Waals surface area contributed by atoms with E-state index in [2.05, 4.69) is 10.3 Å². The van der Waals surface area contributed by atoms with Crippen LogP contribution in [-0.2, 0) is 13.0 Å². The minimum absolute atomic E-state index is 0.0266. The number of aliphatic hydroxyl groups excluding tert-OH is 1. The van der Waals surface area contributed by atoms with Crippen LogP contribution in [-0.4, -0.2) is 37.8 Å². The molecule has 1 rings (SSSR count).